The van der Waals surface area contributed by atoms with Crippen LogP contribution < -0.4 is 5.32 Å². The van der Waals surface area contributed by atoms with Gasteiger partial charge in [-0.05, 0) is 73.9 Å². The van der Waals surface area contributed by atoms with Crippen LogP contribution in [0.15, 0.2) is 36.7 Å². The molecule has 1 spiro atoms. The minimum Gasteiger partial charge on any atom is -0.345 e. The third-order valence-electron chi connectivity index (χ3n) is 11.6. The minimum absolute atomic E-state index is 0.00469. The van der Waals surface area contributed by atoms with Crippen LogP contribution in [0.25, 0.3) is 22.0 Å². The van der Waals surface area contributed by atoms with Crippen LogP contribution in [0.1, 0.15) is 72.2 Å². The number of benzene rings is 1. The van der Waals surface area contributed by atoms with Gasteiger partial charge in [0.1, 0.15) is 35.6 Å². The van der Waals surface area contributed by atoms with Crippen LogP contribution in [0.2, 0.25) is 0 Å². The molecular formula is C38H39F3N8O4. The Hall–Kier alpha value is -5.21. The summed E-state index contributed by atoms with van der Waals surface area (Å²) in [6.07, 6.45) is 2.98. The number of amides is 3. The smallest absolute Gasteiger partial charge is 0.345 e. The van der Waals surface area contributed by atoms with Gasteiger partial charge in [0.2, 0.25) is 17.7 Å². The highest BCUT2D eigenvalue weighted by molar-refractivity contribution is 6.07. The second kappa shape index (κ2) is 12.4. The molecule has 2 saturated heterocycles. The maximum absolute atomic E-state index is 14.5. The first-order valence-corrected chi connectivity index (χ1v) is 17.9. The predicted octanol–water partition coefficient (Wildman–Crippen LogP) is 5.16. The number of rotatable bonds is 4. The number of halogens is 3. The first-order chi connectivity index (χ1) is 25.2. The van der Waals surface area contributed by atoms with E-state index in [0.29, 0.717) is 48.1 Å². The van der Waals surface area contributed by atoms with Crippen LogP contribution in [0.4, 0.5) is 19.0 Å². The molecule has 6 heterocycles. The molecule has 276 valence electrons. The molecule has 3 amide bonds. The van der Waals surface area contributed by atoms with E-state index < -0.39 is 35.1 Å². The molecule has 3 aromatic heterocycles. The molecule has 4 bridgehead atoms. The maximum atomic E-state index is 14.5. The van der Waals surface area contributed by atoms with Gasteiger partial charge in [-0.3, -0.25) is 23.9 Å². The lowest BCUT2D eigenvalue weighted by Gasteiger charge is -2.24. The van der Waals surface area contributed by atoms with Crippen molar-refractivity contribution in [3.05, 3.63) is 65.0 Å². The lowest BCUT2D eigenvalue weighted by Crippen LogP contribution is -2.45. The number of carbonyl (C=O) groups excluding carboxylic acids is 4. The Kier molecular flexibility index (Phi) is 8.18. The van der Waals surface area contributed by atoms with Crippen molar-refractivity contribution in [2.45, 2.75) is 84.1 Å². The first-order valence-electron chi connectivity index (χ1n) is 17.9. The highest BCUT2D eigenvalue weighted by Gasteiger charge is 2.96. The average molecular weight is 729 g/mol. The third kappa shape index (κ3) is 5.75. The second-order valence-corrected chi connectivity index (χ2v) is 15.0. The number of ketones is 1. The molecule has 3 aliphatic heterocycles. The average Bonchev–Trinajstić information content (AvgIpc) is 3.69. The van der Waals surface area contributed by atoms with Crippen molar-refractivity contribution in [3.8, 4) is 11.1 Å². The van der Waals surface area contributed by atoms with Gasteiger partial charge in [-0.15, -0.1) is 0 Å². The number of alkyl halides is 3. The number of Topliss-reactive ketones (excluding diaryl/α,β-unsaturated/α-hetero) is 1. The molecular weight excluding hydrogens is 689 g/mol. The number of nitrogens with zero attached hydrogens (tertiary/aromatic N) is 7. The van der Waals surface area contributed by atoms with E-state index in [9.17, 15) is 32.3 Å². The Morgan fingerprint density at radius 2 is 1.66 bits per heavy atom. The van der Waals surface area contributed by atoms with Gasteiger partial charge < -0.3 is 15.1 Å². The summed E-state index contributed by atoms with van der Waals surface area (Å²) in [7, 11) is 1.74. The topological polar surface area (TPSA) is 143 Å². The van der Waals surface area contributed by atoms with Crippen molar-refractivity contribution in [2.24, 2.45) is 17.3 Å². The summed E-state index contributed by atoms with van der Waals surface area (Å²) < 4.78 is 42.2. The summed E-state index contributed by atoms with van der Waals surface area (Å²) in [6.45, 7) is 4.87. The number of pyridine rings is 1. The van der Waals surface area contributed by atoms with Crippen LogP contribution in [0.5, 0.6) is 0 Å². The normalized spacial score (nSPS) is 25.6. The molecule has 1 N–H and O–H groups in total. The molecule has 15 heteroatoms. The fourth-order valence-electron chi connectivity index (χ4n) is 8.96. The quantitative estimate of drug-likeness (QED) is 0.284. The molecule has 4 aromatic rings. The Morgan fingerprint density at radius 3 is 2.36 bits per heavy atom. The largest absolute Gasteiger partial charge is 0.433 e. The van der Waals surface area contributed by atoms with E-state index >= 15 is 0 Å². The number of piperidine rings is 1. The van der Waals surface area contributed by atoms with Crippen molar-refractivity contribution in [3.63, 3.8) is 0 Å². The zero-order valence-electron chi connectivity index (χ0n) is 29.8. The fraction of sp³-hybridized carbons (Fsp3) is 0.474. The summed E-state index contributed by atoms with van der Waals surface area (Å²) >= 11 is 0. The van der Waals surface area contributed by atoms with Gasteiger partial charge >= 0.3 is 6.18 Å². The van der Waals surface area contributed by atoms with Gasteiger partial charge in [0.25, 0.3) is 0 Å². The fourth-order valence-corrected chi connectivity index (χ4v) is 8.96. The number of aromatic nitrogens is 5. The number of carbonyl (C=O) groups is 4. The molecule has 9 rings (SSSR count). The van der Waals surface area contributed by atoms with Crippen LogP contribution in [-0.2, 0) is 33.5 Å². The van der Waals surface area contributed by atoms with Gasteiger partial charge in [-0.2, -0.15) is 18.3 Å². The lowest BCUT2D eigenvalue weighted by molar-refractivity contribution is -0.141. The van der Waals surface area contributed by atoms with Crippen molar-refractivity contribution >= 4 is 40.2 Å². The Bertz CT molecular complexity index is 2200. The van der Waals surface area contributed by atoms with Crippen LogP contribution in [0, 0.1) is 31.1 Å². The van der Waals surface area contributed by atoms with Crippen molar-refractivity contribution in [1.82, 2.24) is 34.5 Å². The summed E-state index contributed by atoms with van der Waals surface area (Å²) in [6, 6.07) is 4.68. The number of nitrogens with one attached hydrogen (secondary N) is 1. The third-order valence-corrected chi connectivity index (χ3v) is 11.6. The van der Waals surface area contributed by atoms with Gasteiger partial charge in [0, 0.05) is 67.7 Å². The SMILES string of the molecule is CC(=O)c1nn2c3c(cc(-c4cnc(C)nc4)cc13)CCCCCCC(=O)N(C)C[C@]13C4C1[C@H]3N(C(=O)C2)[C@@H]4C(=O)Nc1nc(C(F)(F)F)ccc1C. The summed E-state index contributed by atoms with van der Waals surface area (Å²) in [5.74, 6) is -1.21. The van der Waals surface area contributed by atoms with E-state index in [1.54, 1.807) is 47.8 Å². The van der Waals surface area contributed by atoms with Crippen LogP contribution in [-0.4, -0.2) is 83.7 Å². The van der Waals surface area contributed by atoms with Gasteiger partial charge in [0.15, 0.2) is 5.78 Å². The minimum atomic E-state index is -4.71. The monoisotopic (exact) mass is 728 g/mol. The molecule has 0 radical (unpaired) electrons. The second-order valence-electron chi connectivity index (χ2n) is 15.0. The van der Waals surface area contributed by atoms with E-state index in [1.807, 2.05) is 12.1 Å². The van der Waals surface area contributed by atoms with E-state index in [1.165, 1.54) is 13.0 Å². The molecule has 2 unspecified atom stereocenters. The molecule has 5 aliphatic rings. The first kappa shape index (κ1) is 34.9. The van der Waals surface area contributed by atoms with E-state index in [0.717, 1.165) is 42.0 Å². The van der Waals surface area contributed by atoms with Gasteiger partial charge in [-0.1, -0.05) is 18.9 Å². The molecule has 4 fully saturated rings. The summed E-state index contributed by atoms with van der Waals surface area (Å²) in [5, 5.41) is 7.88. The summed E-state index contributed by atoms with van der Waals surface area (Å²) in [4.78, 5) is 70.5. The number of anilines is 1. The van der Waals surface area contributed by atoms with Crippen molar-refractivity contribution in [2.75, 3.05) is 18.9 Å². The van der Waals surface area contributed by atoms with Crippen molar-refractivity contribution < 1.29 is 32.3 Å². The summed E-state index contributed by atoms with van der Waals surface area (Å²) in [5.41, 5.74) is 2.05. The molecule has 5 atom stereocenters. The molecule has 1 aromatic carbocycles. The lowest BCUT2D eigenvalue weighted by atomic mass is 9.96. The molecule has 2 aliphatic carbocycles. The van der Waals surface area contributed by atoms with Crippen LogP contribution in [0.3, 0.4) is 0 Å². The highest BCUT2D eigenvalue weighted by atomic mass is 19.4. The van der Waals surface area contributed by atoms with E-state index in [-0.39, 0.29) is 47.6 Å². The number of hydrogen-bond acceptors (Lipinski definition) is 8. The van der Waals surface area contributed by atoms with E-state index in [4.69, 9.17) is 0 Å². The zero-order chi connectivity index (χ0) is 37.6. The number of hydrogen-bond donors (Lipinski definition) is 1. The van der Waals surface area contributed by atoms with Gasteiger partial charge in [-0.25, -0.2) is 15.0 Å². The van der Waals surface area contributed by atoms with E-state index in [2.05, 4.69) is 25.4 Å². The predicted molar refractivity (Wildman–Crippen MR) is 186 cm³/mol. The number of aryl methyl sites for hydroxylation is 3. The molecule has 2 saturated carbocycles. The van der Waals surface area contributed by atoms with Crippen LogP contribution >= 0.6 is 0 Å². The Morgan fingerprint density at radius 1 is 0.943 bits per heavy atom. The molecule has 53 heavy (non-hydrogen) atoms. The molecule has 12 nitrogen and oxygen atoms in total. The zero-order valence-corrected chi connectivity index (χ0v) is 29.8. The van der Waals surface area contributed by atoms with Gasteiger partial charge in [0.05, 0.1) is 5.52 Å². The van der Waals surface area contributed by atoms with Crippen molar-refractivity contribution in [1.29, 1.82) is 0 Å². The highest BCUT2D eigenvalue weighted by Crippen LogP contribution is 2.87. The maximum Gasteiger partial charge on any atom is 0.433 e. The Labute approximate surface area is 303 Å². The Balaban J connectivity index is 1.19. The standard InChI is InChI=1S/C38H39F3N8O4/c1-19-11-12-26(38(39,40)41)44-35(19)45-36(53)33-29-30-34-37(29,30)18-47(4)27(51)10-8-6-5-7-9-22-13-23(24-15-42-21(3)43-16-24)14-25-31(20(2)50)46-48(32(22)25)17-28(52)49(33)34/h11-16,29-30,33-34H,5-10,17-18H2,1-4H3,(H,44,45,53)/t29?,30?,33-,34+,37-/m0/s1.